The van der Waals surface area contributed by atoms with Crippen LogP contribution in [0.4, 0.5) is 0 Å². The highest BCUT2D eigenvalue weighted by Gasteiger charge is 2.11. The lowest BCUT2D eigenvalue weighted by Crippen LogP contribution is -2.07. The Morgan fingerprint density at radius 2 is 2.21 bits per heavy atom. The molecule has 2 heteroatoms. The van der Waals surface area contributed by atoms with Crippen LogP contribution in [0.5, 0.6) is 0 Å². The summed E-state index contributed by atoms with van der Waals surface area (Å²) in [5.74, 6) is 1.04. The molecule has 0 amide bonds. The fourth-order valence-corrected chi connectivity index (χ4v) is 2.27. The van der Waals surface area contributed by atoms with Gasteiger partial charge in [0.25, 0.3) is 0 Å². The smallest absolute Gasteiger partial charge is 0.168 e. The van der Waals surface area contributed by atoms with E-state index in [9.17, 15) is 4.79 Å². The Labute approximate surface area is 91.3 Å². The van der Waals surface area contributed by atoms with Gasteiger partial charge in [0.1, 0.15) is 0 Å². The van der Waals surface area contributed by atoms with E-state index in [4.69, 9.17) is 0 Å². The summed E-state index contributed by atoms with van der Waals surface area (Å²) in [5.41, 5.74) is 1.09. The second kappa shape index (κ2) is 6.28. The molecule has 0 radical (unpaired) electrons. The van der Waals surface area contributed by atoms with Crippen LogP contribution in [0, 0.1) is 0 Å². The molecule has 0 unspecified atom stereocenters. The van der Waals surface area contributed by atoms with Crippen LogP contribution in [0.25, 0.3) is 0 Å². The van der Waals surface area contributed by atoms with Crippen molar-refractivity contribution in [2.75, 3.05) is 5.75 Å². The van der Waals surface area contributed by atoms with E-state index < -0.39 is 0 Å². The quantitative estimate of drug-likeness (QED) is 0.708. The highest BCUT2D eigenvalue weighted by Crippen LogP contribution is 2.20. The molecule has 0 atom stereocenters. The second-order valence-electron chi connectivity index (χ2n) is 4.11. The average Bonchev–Trinajstić information content (AvgIpc) is 2.42. The first-order valence-electron chi connectivity index (χ1n) is 5.54. The van der Waals surface area contributed by atoms with Crippen LogP contribution in [0.3, 0.4) is 0 Å². The van der Waals surface area contributed by atoms with Crippen LogP contribution in [-0.2, 0) is 4.79 Å². The van der Waals surface area contributed by atoms with Crippen LogP contribution in [0.1, 0.15) is 46.0 Å². The van der Waals surface area contributed by atoms with Gasteiger partial charge in [-0.05, 0) is 36.5 Å². The van der Waals surface area contributed by atoms with Crippen molar-refractivity contribution in [2.24, 2.45) is 0 Å². The summed E-state index contributed by atoms with van der Waals surface area (Å²) < 4.78 is 0. The molecule has 0 aliphatic heterocycles. The molecule has 0 N–H and O–H groups in total. The molecular formula is C12H20OS. The van der Waals surface area contributed by atoms with Crippen molar-refractivity contribution in [3.63, 3.8) is 0 Å². The molecule has 0 aromatic rings. The van der Waals surface area contributed by atoms with Gasteiger partial charge in [0.15, 0.2) is 5.78 Å². The highest BCUT2D eigenvalue weighted by molar-refractivity contribution is 8.00. The van der Waals surface area contributed by atoms with Gasteiger partial charge in [-0.1, -0.05) is 26.3 Å². The molecule has 14 heavy (non-hydrogen) atoms. The zero-order valence-electron chi connectivity index (χ0n) is 9.21. The van der Waals surface area contributed by atoms with Crippen molar-refractivity contribution >= 4 is 17.5 Å². The summed E-state index contributed by atoms with van der Waals surface area (Å²) in [6.07, 6.45) is 8.02. The average molecular weight is 212 g/mol. The van der Waals surface area contributed by atoms with Crippen molar-refractivity contribution in [3.05, 3.63) is 11.6 Å². The number of hydrogen-bond donors (Lipinski definition) is 0. The number of carbonyl (C=O) groups is 1. The van der Waals surface area contributed by atoms with Crippen LogP contribution in [0.15, 0.2) is 11.6 Å². The maximum atomic E-state index is 11.8. The number of rotatable bonds is 4. The third-order valence-electron chi connectivity index (χ3n) is 2.45. The first-order chi connectivity index (χ1) is 6.70. The Morgan fingerprint density at radius 1 is 1.43 bits per heavy atom. The maximum Gasteiger partial charge on any atom is 0.168 e. The van der Waals surface area contributed by atoms with Crippen molar-refractivity contribution < 1.29 is 4.79 Å². The molecule has 80 valence electrons. The summed E-state index contributed by atoms with van der Waals surface area (Å²) in [5, 5.41) is 0.560. The van der Waals surface area contributed by atoms with E-state index >= 15 is 0 Å². The predicted molar refractivity (Wildman–Crippen MR) is 63.8 cm³/mol. The predicted octanol–water partition coefficient (Wildman–Crippen LogP) is 3.59. The minimum absolute atomic E-state index is 0.366. The fourth-order valence-electron chi connectivity index (χ4n) is 1.60. The monoisotopic (exact) mass is 212 g/mol. The first kappa shape index (κ1) is 11.8. The number of ketones is 1. The van der Waals surface area contributed by atoms with E-state index in [2.05, 4.69) is 19.9 Å². The van der Waals surface area contributed by atoms with Crippen LogP contribution in [-0.4, -0.2) is 16.8 Å². The molecule has 0 heterocycles. The lowest BCUT2D eigenvalue weighted by atomic mass is 10.1. The minimum atomic E-state index is 0.366. The van der Waals surface area contributed by atoms with Gasteiger partial charge in [0.2, 0.25) is 0 Å². The van der Waals surface area contributed by atoms with Gasteiger partial charge in [-0.15, -0.1) is 0 Å². The first-order valence-corrected chi connectivity index (χ1v) is 6.59. The van der Waals surface area contributed by atoms with Gasteiger partial charge in [0.05, 0.1) is 5.75 Å². The van der Waals surface area contributed by atoms with Crippen LogP contribution in [0.2, 0.25) is 0 Å². The number of thioether (sulfide) groups is 1. The van der Waals surface area contributed by atoms with E-state index in [1.807, 2.05) is 0 Å². The van der Waals surface area contributed by atoms with Gasteiger partial charge < -0.3 is 0 Å². The second-order valence-corrected chi connectivity index (χ2v) is 5.68. The third kappa shape index (κ3) is 4.32. The molecule has 0 spiro atoms. The summed E-state index contributed by atoms with van der Waals surface area (Å²) >= 11 is 1.75. The minimum Gasteiger partial charge on any atom is -0.294 e. The number of carbonyl (C=O) groups excluding carboxylic acids is 1. The lowest BCUT2D eigenvalue weighted by molar-refractivity contribution is -0.113. The van der Waals surface area contributed by atoms with Crippen molar-refractivity contribution in [2.45, 2.75) is 51.2 Å². The van der Waals surface area contributed by atoms with E-state index in [1.54, 1.807) is 11.8 Å². The molecule has 1 aliphatic rings. The number of hydrogen-bond acceptors (Lipinski definition) is 2. The Hall–Kier alpha value is -0.240. The van der Waals surface area contributed by atoms with Crippen molar-refractivity contribution in [1.29, 1.82) is 0 Å². The molecule has 0 saturated heterocycles. The largest absolute Gasteiger partial charge is 0.294 e. The molecule has 1 nitrogen and oxygen atoms in total. The maximum absolute atomic E-state index is 11.8. The van der Waals surface area contributed by atoms with Gasteiger partial charge >= 0.3 is 0 Å². The number of Topliss-reactive ketones (excluding diaryl/α,β-unsaturated/α-hetero) is 1. The summed E-state index contributed by atoms with van der Waals surface area (Å²) in [4.78, 5) is 11.8. The van der Waals surface area contributed by atoms with Gasteiger partial charge in [0, 0.05) is 0 Å². The highest BCUT2D eigenvalue weighted by atomic mass is 32.2. The van der Waals surface area contributed by atoms with Crippen molar-refractivity contribution in [1.82, 2.24) is 0 Å². The molecule has 0 fully saturated rings. The van der Waals surface area contributed by atoms with Crippen LogP contribution >= 0.6 is 11.8 Å². The Bertz CT molecular complexity index is 218. The SMILES string of the molecule is CC(C)SCC(=O)C1=CCCCCC1. The summed E-state index contributed by atoms with van der Waals surface area (Å²) in [6, 6.07) is 0. The van der Waals surface area contributed by atoms with Gasteiger partial charge in [-0.3, -0.25) is 4.79 Å². The molecular weight excluding hydrogens is 192 g/mol. The summed E-state index contributed by atoms with van der Waals surface area (Å²) in [6.45, 7) is 4.28. The Balaban J connectivity index is 2.38. The molecule has 0 saturated carbocycles. The Morgan fingerprint density at radius 3 is 2.93 bits per heavy atom. The third-order valence-corrected chi connectivity index (χ3v) is 3.54. The molecule has 0 bridgehead atoms. The van der Waals surface area contributed by atoms with E-state index in [0.29, 0.717) is 16.8 Å². The zero-order valence-corrected chi connectivity index (χ0v) is 10.0. The molecule has 1 aliphatic carbocycles. The standard InChI is InChI=1S/C12H20OS/c1-10(2)14-9-12(13)11-7-5-3-4-6-8-11/h7,10H,3-6,8-9H2,1-2H3. The van der Waals surface area contributed by atoms with E-state index in [-0.39, 0.29) is 0 Å². The van der Waals surface area contributed by atoms with Crippen molar-refractivity contribution in [3.8, 4) is 0 Å². The molecule has 0 aromatic carbocycles. The van der Waals surface area contributed by atoms with E-state index in [1.165, 1.54) is 19.3 Å². The number of allylic oxidation sites excluding steroid dienone is 2. The zero-order chi connectivity index (χ0) is 10.4. The van der Waals surface area contributed by atoms with E-state index in [0.717, 1.165) is 18.4 Å². The summed E-state index contributed by atoms with van der Waals surface area (Å²) in [7, 11) is 0. The molecule has 0 aromatic heterocycles. The normalized spacial score (nSPS) is 17.8. The topological polar surface area (TPSA) is 17.1 Å². The van der Waals surface area contributed by atoms with Gasteiger partial charge in [-0.2, -0.15) is 11.8 Å². The fraction of sp³-hybridized carbons (Fsp3) is 0.750. The lowest BCUT2D eigenvalue weighted by Gasteiger charge is -2.06. The Kier molecular flexibility index (Phi) is 5.31. The molecule has 1 rings (SSSR count). The van der Waals surface area contributed by atoms with Crippen LogP contribution < -0.4 is 0 Å². The van der Waals surface area contributed by atoms with Gasteiger partial charge in [-0.25, -0.2) is 0 Å².